The van der Waals surface area contributed by atoms with Gasteiger partial charge in [0.25, 0.3) is 0 Å². The van der Waals surface area contributed by atoms with Gasteiger partial charge in [-0.2, -0.15) is 0 Å². The summed E-state index contributed by atoms with van der Waals surface area (Å²) in [6.07, 6.45) is 0.964. The number of amides is 1. The zero-order chi connectivity index (χ0) is 12.1. The van der Waals surface area contributed by atoms with Crippen molar-refractivity contribution >= 4 is 5.91 Å². The first-order valence-corrected chi connectivity index (χ1v) is 4.94. The predicted molar refractivity (Wildman–Crippen MR) is 53.1 cm³/mol. The molecule has 0 radical (unpaired) electrons. The molecule has 16 heavy (non-hydrogen) atoms. The molecule has 1 aromatic carbocycles. The van der Waals surface area contributed by atoms with Gasteiger partial charge in [-0.05, 0) is 12.5 Å². The lowest BCUT2D eigenvalue weighted by Gasteiger charge is -2.06. The fourth-order valence-corrected chi connectivity index (χ4v) is 1.25. The Morgan fingerprint density at radius 2 is 2.00 bits per heavy atom. The van der Waals surface area contributed by atoms with Crippen molar-refractivity contribution in [3.8, 4) is 0 Å². The quantitative estimate of drug-likeness (QED) is 0.792. The molecule has 0 saturated carbocycles. The first-order chi connectivity index (χ1) is 7.54. The number of halogens is 3. The van der Waals surface area contributed by atoms with Crippen LogP contribution in [0.25, 0.3) is 0 Å². The summed E-state index contributed by atoms with van der Waals surface area (Å²) in [4.78, 5) is 11.1. The van der Waals surface area contributed by atoms with Crippen molar-refractivity contribution in [1.29, 1.82) is 0 Å². The van der Waals surface area contributed by atoms with Crippen LogP contribution in [0.15, 0.2) is 12.1 Å². The Labute approximate surface area is 91.5 Å². The van der Waals surface area contributed by atoms with Gasteiger partial charge in [0.2, 0.25) is 5.91 Å². The summed E-state index contributed by atoms with van der Waals surface area (Å²) in [6, 6.07) is 1.33. The minimum absolute atomic E-state index is 0.193. The second-order valence-electron chi connectivity index (χ2n) is 3.39. The van der Waals surface area contributed by atoms with Crippen molar-refractivity contribution in [3.05, 3.63) is 35.1 Å². The molecular formula is C11H12F3NO. The maximum Gasteiger partial charge on any atom is 0.220 e. The smallest absolute Gasteiger partial charge is 0.220 e. The molecule has 0 heterocycles. The van der Waals surface area contributed by atoms with Crippen molar-refractivity contribution in [2.45, 2.75) is 26.3 Å². The highest BCUT2D eigenvalue weighted by Gasteiger charge is 2.11. The molecule has 1 aromatic rings. The minimum Gasteiger partial charge on any atom is -0.352 e. The Morgan fingerprint density at radius 3 is 2.62 bits per heavy atom. The Morgan fingerprint density at radius 1 is 1.31 bits per heavy atom. The van der Waals surface area contributed by atoms with E-state index in [-0.39, 0.29) is 18.0 Å². The number of rotatable bonds is 4. The average Bonchev–Trinajstić information content (AvgIpc) is 2.21. The number of hydrogen-bond acceptors (Lipinski definition) is 1. The van der Waals surface area contributed by atoms with Crippen LogP contribution in [0, 0.1) is 17.5 Å². The lowest BCUT2D eigenvalue weighted by Crippen LogP contribution is -2.23. The Bertz CT molecular complexity index is 393. The molecule has 5 heteroatoms. The van der Waals surface area contributed by atoms with Crippen LogP contribution in [-0.4, -0.2) is 5.91 Å². The summed E-state index contributed by atoms with van der Waals surface area (Å²) >= 11 is 0. The van der Waals surface area contributed by atoms with E-state index in [0.717, 1.165) is 6.07 Å². The fourth-order valence-electron chi connectivity index (χ4n) is 1.25. The van der Waals surface area contributed by atoms with Gasteiger partial charge >= 0.3 is 0 Å². The molecule has 0 atom stereocenters. The van der Waals surface area contributed by atoms with E-state index in [9.17, 15) is 18.0 Å². The van der Waals surface area contributed by atoms with Crippen LogP contribution >= 0.6 is 0 Å². The molecule has 0 fully saturated rings. The number of carbonyl (C=O) groups excluding carboxylic acids is 1. The molecule has 0 bridgehead atoms. The van der Waals surface area contributed by atoms with Crippen LogP contribution in [0.4, 0.5) is 13.2 Å². The molecule has 1 N–H and O–H groups in total. The maximum atomic E-state index is 13.1. The number of benzene rings is 1. The second-order valence-corrected chi connectivity index (χ2v) is 3.39. The van der Waals surface area contributed by atoms with E-state index in [2.05, 4.69) is 5.32 Å². The zero-order valence-corrected chi connectivity index (χ0v) is 8.82. The lowest BCUT2D eigenvalue weighted by molar-refractivity contribution is -0.121. The predicted octanol–water partition coefficient (Wildman–Crippen LogP) is 2.52. The molecule has 0 spiro atoms. The largest absolute Gasteiger partial charge is 0.352 e. The van der Waals surface area contributed by atoms with Gasteiger partial charge < -0.3 is 5.32 Å². The van der Waals surface area contributed by atoms with Crippen molar-refractivity contribution in [3.63, 3.8) is 0 Å². The van der Waals surface area contributed by atoms with Crippen LogP contribution in [0.1, 0.15) is 25.3 Å². The van der Waals surface area contributed by atoms with Gasteiger partial charge in [0.05, 0.1) is 0 Å². The topological polar surface area (TPSA) is 29.1 Å². The molecule has 0 aromatic heterocycles. The minimum atomic E-state index is -1.25. The van der Waals surface area contributed by atoms with E-state index in [0.29, 0.717) is 18.9 Å². The van der Waals surface area contributed by atoms with E-state index in [1.165, 1.54) is 0 Å². The van der Waals surface area contributed by atoms with Gasteiger partial charge in [-0.15, -0.1) is 0 Å². The fraction of sp³-hybridized carbons (Fsp3) is 0.364. The third kappa shape index (κ3) is 3.25. The van der Waals surface area contributed by atoms with E-state index in [1.54, 1.807) is 0 Å². The number of nitrogens with one attached hydrogen (secondary N) is 1. The van der Waals surface area contributed by atoms with E-state index in [4.69, 9.17) is 0 Å². The van der Waals surface area contributed by atoms with Crippen molar-refractivity contribution in [1.82, 2.24) is 5.32 Å². The Balaban J connectivity index is 2.70. The van der Waals surface area contributed by atoms with E-state index < -0.39 is 17.5 Å². The molecule has 0 aliphatic carbocycles. The summed E-state index contributed by atoms with van der Waals surface area (Å²) in [7, 11) is 0. The molecule has 0 aliphatic rings. The van der Waals surface area contributed by atoms with Crippen LogP contribution in [-0.2, 0) is 11.3 Å². The lowest BCUT2D eigenvalue weighted by atomic mass is 10.2. The van der Waals surface area contributed by atoms with E-state index in [1.807, 2.05) is 6.92 Å². The third-order valence-electron chi connectivity index (χ3n) is 2.02. The van der Waals surface area contributed by atoms with Gasteiger partial charge in [-0.3, -0.25) is 4.79 Å². The summed E-state index contributed by atoms with van der Waals surface area (Å²) in [5.41, 5.74) is -0.193. The molecule has 2 nitrogen and oxygen atoms in total. The SMILES string of the molecule is CCCC(=O)NCc1cc(F)cc(F)c1F. The highest BCUT2D eigenvalue weighted by molar-refractivity contribution is 5.75. The summed E-state index contributed by atoms with van der Waals surface area (Å²) in [5, 5.41) is 2.38. The van der Waals surface area contributed by atoms with Crippen molar-refractivity contribution in [2.75, 3.05) is 0 Å². The first kappa shape index (κ1) is 12.5. The van der Waals surface area contributed by atoms with Gasteiger partial charge in [0.1, 0.15) is 5.82 Å². The molecule has 0 unspecified atom stereocenters. The van der Waals surface area contributed by atoms with Gasteiger partial charge in [-0.25, -0.2) is 13.2 Å². The zero-order valence-electron chi connectivity index (χ0n) is 8.82. The normalized spacial score (nSPS) is 10.2. The van der Waals surface area contributed by atoms with E-state index >= 15 is 0 Å². The van der Waals surface area contributed by atoms with Crippen molar-refractivity contribution in [2.24, 2.45) is 0 Å². The van der Waals surface area contributed by atoms with Gasteiger partial charge in [0.15, 0.2) is 11.6 Å². The third-order valence-corrected chi connectivity index (χ3v) is 2.02. The molecular weight excluding hydrogens is 219 g/mol. The van der Waals surface area contributed by atoms with Crippen LogP contribution in [0.2, 0.25) is 0 Å². The summed E-state index contributed by atoms with van der Waals surface area (Å²) in [5.74, 6) is -3.51. The highest BCUT2D eigenvalue weighted by atomic mass is 19.2. The Kier molecular flexibility index (Phi) is 4.34. The number of carbonyl (C=O) groups is 1. The van der Waals surface area contributed by atoms with Crippen LogP contribution < -0.4 is 5.32 Å². The summed E-state index contributed by atoms with van der Waals surface area (Å²) in [6.45, 7) is 1.61. The molecule has 88 valence electrons. The molecule has 0 saturated heterocycles. The van der Waals surface area contributed by atoms with Gasteiger partial charge in [0, 0.05) is 24.6 Å². The molecule has 1 amide bonds. The first-order valence-electron chi connectivity index (χ1n) is 4.94. The summed E-state index contributed by atoms with van der Waals surface area (Å²) < 4.78 is 38.7. The van der Waals surface area contributed by atoms with Crippen LogP contribution in [0.3, 0.4) is 0 Å². The second kappa shape index (κ2) is 5.53. The van der Waals surface area contributed by atoms with Gasteiger partial charge in [-0.1, -0.05) is 6.92 Å². The molecule has 1 rings (SSSR count). The Hall–Kier alpha value is -1.52. The number of hydrogen-bond donors (Lipinski definition) is 1. The average molecular weight is 231 g/mol. The van der Waals surface area contributed by atoms with Crippen molar-refractivity contribution < 1.29 is 18.0 Å². The highest BCUT2D eigenvalue weighted by Crippen LogP contribution is 2.14. The standard InChI is InChI=1S/C11H12F3NO/c1-2-3-10(16)15-6-7-4-8(12)5-9(13)11(7)14/h4-5H,2-3,6H2,1H3,(H,15,16). The monoisotopic (exact) mass is 231 g/mol. The van der Waals surface area contributed by atoms with Crippen LogP contribution in [0.5, 0.6) is 0 Å². The maximum absolute atomic E-state index is 13.1. The molecule has 0 aliphatic heterocycles.